The number of quaternary nitrogens is 1. The summed E-state index contributed by atoms with van der Waals surface area (Å²) in [6.45, 7) is 7.23. The van der Waals surface area contributed by atoms with E-state index in [4.69, 9.17) is 4.74 Å². The number of ether oxygens (including phenoxy) is 1. The summed E-state index contributed by atoms with van der Waals surface area (Å²) in [6, 6.07) is 17.7. The van der Waals surface area contributed by atoms with Crippen molar-refractivity contribution in [1.29, 1.82) is 0 Å². The maximum absolute atomic E-state index is 13.1. The highest BCUT2D eigenvalue weighted by Gasteiger charge is 2.24. The van der Waals surface area contributed by atoms with Crippen LogP contribution < -0.4 is 10.2 Å². The van der Waals surface area contributed by atoms with Crippen LogP contribution in [0.3, 0.4) is 0 Å². The second-order valence-corrected chi connectivity index (χ2v) is 8.24. The molecule has 2 aromatic carbocycles. The minimum atomic E-state index is -0.391. The fourth-order valence-electron chi connectivity index (χ4n) is 3.78. The fraction of sp³-hybridized carbons (Fsp3) is 0.400. The minimum Gasteiger partial charge on any atom is -0.458 e. The van der Waals surface area contributed by atoms with E-state index in [9.17, 15) is 9.59 Å². The quantitative estimate of drug-likeness (QED) is 0.302. The van der Waals surface area contributed by atoms with Crippen LogP contribution in [-0.4, -0.2) is 48.4 Å². The Hall–Kier alpha value is -2.99. The Balaban J connectivity index is 1.88. The SMILES string of the molecule is CC[N+](C)(CC)CCOC(=O)Cn1c(=O)c2ccccc2c(Cc2ccccc2)[n+]1C. The first-order chi connectivity index (χ1) is 14.9. The molecule has 0 aliphatic rings. The smallest absolute Gasteiger partial charge is 0.332 e. The van der Waals surface area contributed by atoms with Gasteiger partial charge in [-0.2, -0.15) is 0 Å². The monoisotopic (exact) mass is 423 g/mol. The van der Waals surface area contributed by atoms with E-state index in [2.05, 4.69) is 33.0 Å². The van der Waals surface area contributed by atoms with Crippen LogP contribution >= 0.6 is 0 Å². The number of aromatic nitrogens is 2. The summed E-state index contributed by atoms with van der Waals surface area (Å²) in [4.78, 5) is 25.7. The minimum absolute atomic E-state index is 0.107. The molecule has 0 aliphatic heterocycles. The molecule has 0 aliphatic carbocycles. The van der Waals surface area contributed by atoms with Crippen LogP contribution in [-0.2, 0) is 29.5 Å². The van der Waals surface area contributed by atoms with Gasteiger partial charge >= 0.3 is 11.5 Å². The van der Waals surface area contributed by atoms with Gasteiger partial charge in [0.15, 0.2) is 13.6 Å². The third-order valence-corrected chi connectivity index (χ3v) is 6.37. The summed E-state index contributed by atoms with van der Waals surface area (Å²) in [7, 11) is 3.99. The molecule has 0 radical (unpaired) electrons. The highest BCUT2D eigenvalue weighted by atomic mass is 16.5. The van der Waals surface area contributed by atoms with Crippen molar-refractivity contribution in [1.82, 2.24) is 4.68 Å². The lowest BCUT2D eigenvalue weighted by Gasteiger charge is -2.31. The molecule has 0 atom stereocenters. The molecule has 0 saturated heterocycles. The molecule has 3 rings (SSSR count). The van der Waals surface area contributed by atoms with Crippen molar-refractivity contribution in [2.45, 2.75) is 26.8 Å². The first-order valence-electron chi connectivity index (χ1n) is 10.9. The van der Waals surface area contributed by atoms with E-state index in [0.717, 1.165) is 40.8 Å². The summed E-state index contributed by atoms with van der Waals surface area (Å²) < 4.78 is 9.63. The molecule has 0 amide bonds. The molecule has 6 heteroatoms. The Kier molecular flexibility index (Phi) is 7.23. The summed E-state index contributed by atoms with van der Waals surface area (Å²) in [5, 5.41) is 1.52. The zero-order valence-electron chi connectivity index (χ0n) is 19.0. The van der Waals surface area contributed by atoms with Gasteiger partial charge in [-0.25, -0.2) is 4.79 Å². The van der Waals surface area contributed by atoms with Gasteiger partial charge in [0, 0.05) is 0 Å². The van der Waals surface area contributed by atoms with Crippen molar-refractivity contribution in [3.8, 4) is 0 Å². The van der Waals surface area contributed by atoms with Gasteiger partial charge in [0.25, 0.3) is 0 Å². The van der Waals surface area contributed by atoms with Gasteiger partial charge in [-0.3, -0.25) is 4.79 Å². The maximum Gasteiger partial charge on any atom is 0.332 e. The first kappa shape index (κ1) is 22.7. The second kappa shape index (κ2) is 9.88. The highest BCUT2D eigenvalue weighted by molar-refractivity contribution is 5.83. The Morgan fingerprint density at radius 3 is 2.26 bits per heavy atom. The van der Waals surface area contributed by atoms with Crippen molar-refractivity contribution in [2.24, 2.45) is 7.05 Å². The molecule has 0 saturated carbocycles. The van der Waals surface area contributed by atoms with Crippen molar-refractivity contribution >= 4 is 16.7 Å². The van der Waals surface area contributed by atoms with Gasteiger partial charge in [-0.1, -0.05) is 42.5 Å². The van der Waals surface area contributed by atoms with Crippen LogP contribution in [0.5, 0.6) is 0 Å². The summed E-state index contributed by atoms with van der Waals surface area (Å²) in [5.74, 6) is -0.391. The molecule has 0 N–H and O–H groups in total. The Morgan fingerprint density at radius 2 is 1.61 bits per heavy atom. The number of carbonyl (C=O) groups excluding carboxylic acids is 1. The number of benzene rings is 2. The third-order valence-electron chi connectivity index (χ3n) is 6.37. The molecular weight excluding hydrogens is 390 g/mol. The Bertz CT molecular complexity index is 1100. The Labute approximate surface area is 183 Å². The lowest BCUT2D eigenvalue weighted by molar-refractivity contribution is -0.906. The van der Waals surface area contributed by atoms with Gasteiger partial charge in [-0.05, 0) is 31.5 Å². The molecule has 0 fully saturated rings. The number of likely N-dealkylation sites (N-methyl/N-ethyl adjacent to an activating group) is 1. The van der Waals surface area contributed by atoms with E-state index >= 15 is 0 Å². The number of carbonyl (C=O) groups is 1. The average molecular weight is 424 g/mol. The molecular formula is C25H33N3O3+2. The van der Waals surface area contributed by atoms with E-state index in [1.54, 1.807) is 4.68 Å². The van der Waals surface area contributed by atoms with Crippen molar-refractivity contribution < 1.29 is 18.7 Å². The number of esters is 1. The topological polar surface area (TPSA) is 52.2 Å². The van der Waals surface area contributed by atoms with Crippen molar-refractivity contribution in [3.05, 3.63) is 76.2 Å². The molecule has 31 heavy (non-hydrogen) atoms. The second-order valence-electron chi connectivity index (χ2n) is 8.24. The fourth-order valence-corrected chi connectivity index (χ4v) is 3.78. The summed E-state index contributed by atoms with van der Waals surface area (Å²) in [5.41, 5.74) is 1.94. The van der Waals surface area contributed by atoms with E-state index in [1.165, 1.54) is 4.68 Å². The normalized spacial score (nSPS) is 11.6. The molecule has 3 aromatic rings. The van der Waals surface area contributed by atoms with Gasteiger partial charge < -0.3 is 9.22 Å². The predicted molar refractivity (Wildman–Crippen MR) is 122 cm³/mol. The van der Waals surface area contributed by atoms with Crippen LogP contribution in [0.25, 0.3) is 10.8 Å². The molecule has 1 aromatic heterocycles. The van der Waals surface area contributed by atoms with E-state index in [0.29, 0.717) is 18.4 Å². The van der Waals surface area contributed by atoms with Crippen molar-refractivity contribution in [3.63, 3.8) is 0 Å². The number of nitrogens with zero attached hydrogens (tertiary/aromatic N) is 3. The van der Waals surface area contributed by atoms with Crippen LogP contribution in [0, 0.1) is 0 Å². The van der Waals surface area contributed by atoms with Crippen molar-refractivity contribution in [2.75, 3.05) is 33.3 Å². The number of hydrogen-bond acceptors (Lipinski definition) is 3. The van der Waals surface area contributed by atoms with E-state index < -0.39 is 5.97 Å². The van der Waals surface area contributed by atoms with E-state index in [-0.39, 0.29) is 12.1 Å². The molecule has 0 bridgehead atoms. The molecule has 0 unspecified atom stereocenters. The van der Waals surface area contributed by atoms with Gasteiger partial charge in [0.1, 0.15) is 13.2 Å². The lowest BCUT2D eigenvalue weighted by atomic mass is 10.0. The van der Waals surface area contributed by atoms with Crippen LogP contribution in [0.2, 0.25) is 0 Å². The third kappa shape index (κ3) is 5.20. The molecule has 164 valence electrons. The molecule has 0 spiro atoms. The standard InChI is InChI=1S/C25H33N3O3/c1-5-28(4,6-2)16-17-31-24(29)19-27-25(30)22-15-11-10-14-21(22)23(26(27)3)18-20-12-8-7-9-13-20/h7-15H,5-6,16-19H2,1-4H3/q+2. The van der Waals surface area contributed by atoms with Gasteiger partial charge in [-0.15, -0.1) is 9.36 Å². The molecule has 6 nitrogen and oxygen atoms in total. The van der Waals surface area contributed by atoms with Crippen LogP contribution in [0.15, 0.2) is 59.4 Å². The first-order valence-corrected chi connectivity index (χ1v) is 10.9. The maximum atomic E-state index is 13.1. The predicted octanol–water partition coefficient (Wildman–Crippen LogP) is 2.45. The lowest BCUT2D eigenvalue weighted by Crippen LogP contribution is -2.53. The molecule has 1 heterocycles. The largest absolute Gasteiger partial charge is 0.458 e. The van der Waals surface area contributed by atoms with Crippen LogP contribution in [0.1, 0.15) is 25.1 Å². The highest BCUT2D eigenvalue weighted by Crippen LogP contribution is 2.16. The van der Waals surface area contributed by atoms with Gasteiger partial charge in [0.05, 0.1) is 37.3 Å². The number of fused-ring (bicyclic) bond motifs is 1. The van der Waals surface area contributed by atoms with Crippen LogP contribution in [0.4, 0.5) is 0 Å². The zero-order valence-corrected chi connectivity index (χ0v) is 19.0. The van der Waals surface area contributed by atoms with E-state index in [1.807, 2.05) is 49.5 Å². The number of hydrogen-bond donors (Lipinski definition) is 0. The van der Waals surface area contributed by atoms with Gasteiger partial charge in [0.2, 0.25) is 5.69 Å². The Morgan fingerprint density at radius 1 is 1.00 bits per heavy atom. The average Bonchev–Trinajstić information content (AvgIpc) is 2.80. The zero-order chi connectivity index (χ0) is 22.4. The summed E-state index contributed by atoms with van der Waals surface area (Å²) >= 11 is 0. The number of rotatable bonds is 9. The summed E-state index contributed by atoms with van der Waals surface area (Å²) in [6.07, 6.45) is 0.663.